The van der Waals surface area contributed by atoms with E-state index in [9.17, 15) is 26.0 Å². The molecule has 0 atom stereocenters. The molecule has 4 nitrogen and oxygen atoms in total. The van der Waals surface area contributed by atoms with Crippen LogP contribution in [0.3, 0.4) is 0 Å². The van der Waals surface area contributed by atoms with Gasteiger partial charge in [-0.1, -0.05) is 0 Å². The van der Waals surface area contributed by atoms with Crippen molar-refractivity contribution in [3.05, 3.63) is 24.0 Å². The molecule has 114 valence electrons. The fraction of sp³-hybridized carbons (Fsp3) is 0.455. The van der Waals surface area contributed by atoms with Gasteiger partial charge in [-0.3, -0.25) is 0 Å². The van der Waals surface area contributed by atoms with Gasteiger partial charge in [-0.05, 0) is 24.6 Å². The van der Waals surface area contributed by atoms with Crippen molar-refractivity contribution < 1.29 is 30.7 Å². The molecule has 0 aliphatic rings. The molecule has 0 aromatic heterocycles. The van der Waals surface area contributed by atoms with E-state index < -0.39 is 34.2 Å². The van der Waals surface area contributed by atoms with E-state index in [1.807, 2.05) is 0 Å². The number of nitrogen functional groups attached to an aromatic ring is 1. The predicted octanol–water partition coefficient (Wildman–Crippen LogP) is 2.15. The molecular weight excluding hydrogens is 302 g/mol. The normalized spacial score (nSPS) is 12.6. The maximum atomic E-state index is 13.0. The first kappa shape index (κ1) is 16.7. The molecule has 0 aliphatic carbocycles. The third-order valence-electron chi connectivity index (χ3n) is 2.28. The van der Waals surface area contributed by atoms with Gasteiger partial charge < -0.3 is 10.5 Å². The largest absolute Gasteiger partial charge is 0.411 e. The molecule has 0 saturated carbocycles. The van der Waals surface area contributed by atoms with Crippen LogP contribution in [0.4, 0.5) is 23.2 Å². The van der Waals surface area contributed by atoms with E-state index in [1.54, 1.807) is 0 Å². The summed E-state index contributed by atoms with van der Waals surface area (Å²) in [6.45, 7) is -1.80. The summed E-state index contributed by atoms with van der Waals surface area (Å²) in [4.78, 5) is -0.367. The number of nitrogens with two attached hydrogens (primary N) is 1. The summed E-state index contributed by atoms with van der Waals surface area (Å²) < 4.78 is 76.3. The molecular formula is C11H13F4NO3S. The zero-order valence-corrected chi connectivity index (χ0v) is 11.1. The van der Waals surface area contributed by atoms with Crippen molar-refractivity contribution >= 4 is 15.5 Å². The van der Waals surface area contributed by atoms with Crippen LogP contribution in [-0.2, 0) is 14.6 Å². The van der Waals surface area contributed by atoms with E-state index in [4.69, 9.17) is 5.73 Å². The molecule has 1 aromatic rings. The molecule has 0 fully saturated rings. The number of alkyl halides is 3. The Hall–Kier alpha value is -1.35. The van der Waals surface area contributed by atoms with Crippen LogP contribution < -0.4 is 5.73 Å². The molecule has 0 radical (unpaired) electrons. The van der Waals surface area contributed by atoms with Gasteiger partial charge in [-0.15, -0.1) is 0 Å². The molecule has 0 saturated heterocycles. The fourth-order valence-electron chi connectivity index (χ4n) is 1.43. The highest BCUT2D eigenvalue weighted by molar-refractivity contribution is 7.91. The number of hydrogen-bond donors (Lipinski definition) is 1. The average molecular weight is 315 g/mol. The number of rotatable bonds is 6. The molecule has 0 unspecified atom stereocenters. The summed E-state index contributed by atoms with van der Waals surface area (Å²) in [7, 11) is -3.86. The van der Waals surface area contributed by atoms with E-state index in [0.717, 1.165) is 18.2 Å². The maximum Gasteiger partial charge on any atom is 0.411 e. The number of ether oxygens (including phenoxy) is 1. The van der Waals surface area contributed by atoms with Crippen LogP contribution in [0.2, 0.25) is 0 Å². The Morgan fingerprint density at radius 2 is 1.90 bits per heavy atom. The minimum absolute atomic E-state index is 0.109. The maximum absolute atomic E-state index is 13.0. The molecule has 1 aromatic carbocycles. The quantitative estimate of drug-likeness (QED) is 0.496. The second kappa shape index (κ2) is 6.40. The molecule has 0 aliphatic heterocycles. The second-order valence-electron chi connectivity index (χ2n) is 4.02. The van der Waals surface area contributed by atoms with Crippen molar-refractivity contribution in [2.75, 3.05) is 24.7 Å². The van der Waals surface area contributed by atoms with Crippen LogP contribution in [0.25, 0.3) is 0 Å². The summed E-state index contributed by atoms with van der Waals surface area (Å²) in [6.07, 6.45) is -4.60. The molecule has 0 spiro atoms. The lowest BCUT2D eigenvalue weighted by atomic mass is 10.3. The van der Waals surface area contributed by atoms with Crippen molar-refractivity contribution in [3.8, 4) is 0 Å². The van der Waals surface area contributed by atoms with E-state index in [0.29, 0.717) is 0 Å². The Balaban J connectivity index is 2.56. The van der Waals surface area contributed by atoms with Gasteiger partial charge >= 0.3 is 6.18 Å². The van der Waals surface area contributed by atoms with Gasteiger partial charge in [-0.2, -0.15) is 13.2 Å². The minimum atomic E-state index is -4.45. The number of halogens is 4. The van der Waals surface area contributed by atoms with Crippen LogP contribution in [0.1, 0.15) is 6.42 Å². The van der Waals surface area contributed by atoms with Gasteiger partial charge in [0, 0.05) is 6.61 Å². The Kier molecular flexibility index (Phi) is 5.35. The first-order valence-electron chi connectivity index (χ1n) is 5.54. The van der Waals surface area contributed by atoms with Crippen molar-refractivity contribution in [1.82, 2.24) is 0 Å². The van der Waals surface area contributed by atoms with Gasteiger partial charge in [0.05, 0.1) is 16.3 Å². The van der Waals surface area contributed by atoms with Crippen LogP contribution in [0, 0.1) is 5.82 Å². The minimum Gasteiger partial charge on any atom is -0.398 e. The lowest BCUT2D eigenvalue weighted by Crippen LogP contribution is -2.18. The van der Waals surface area contributed by atoms with Gasteiger partial charge in [0.25, 0.3) is 0 Å². The lowest BCUT2D eigenvalue weighted by Gasteiger charge is -2.09. The van der Waals surface area contributed by atoms with Gasteiger partial charge in [0.2, 0.25) is 0 Å². The standard InChI is InChI=1S/C11H13F4NO3S/c12-8-2-3-9(16)10(6-8)20(17,18)5-1-4-19-7-11(13,14)15/h2-3,6H,1,4-5,7,16H2. The fourth-order valence-corrected chi connectivity index (χ4v) is 2.86. The molecule has 0 bridgehead atoms. The number of anilines is 1. The molecule has 2 N–H and O–H groups in total. The van der Waals surface area contributed by atoms with E-state index in [2.05, 4.69) is 4.74 Å². The first-order chi connectivity index (χ1) is 9.12. The molecule has 0 heterocycles. The predicted molar refractivity (Wildman–Crippen MR) is 64.4 cm³/mol. The Labute approximate surface area is 113 Å². The van der Waals surface area contributed by atoms with Crippen molar-refractivity contribution in [2.45, 2.75) is 17.5 Å². The SMILES string of the molecule is Nc1ccc(F)cc1S(=O)(=O)CCCOCC(F)(F)F. The molecule has 1 rings (SSSR count). The molecule has 20 heavy (non-hydrogen) atoms. The first-order valence-corrected chi connectivity index (χ1v) is 7.19. The zero-order valence-electron chi connectivity index (χ0n) is 10.3. The highest BCUT2D eigenvalue weighted by Crippen LogP contribution is 2.21. The van der Waals surface area contributed by atoms with E-state index in [1.165, 1.54) is 0 Å². The van der Waals surface area contributed by atoms with E-state index >= 15 is 0 Å². The summed E-state index contributed by atoms with van der Waals surface area (Å²) in [5.41, 5.74) is 5.33. The van der Waals surface area contributed by atoms with Crippen molar-refractivity contribution in [3.63, 3.8) is 0 Å². The topological polar surface area (TPSA) is 69.4 Å². The molecule has 0 amide bonds. The summed E-state index contributed by atoms with van der Waals surface area (Å²) in [6, 6.07) is 2.91. The summed E-state index contributed by atoms with van der Waals surface area (Å²) >= 11 is 0. The van der Waals surface area contributed by atoms with Crippen LogP contribution in [0.15, 0.2) is 23.1 Å². The number of hydrogen-bond acceptors (Lipinski definition) is 4. The highest BCUT2D eigenvalue weighted by Gasteiger charge is 2.27. The van der Waals surface area contributed by atoms with Gasteiger partial charge in [-0.25, -0.2) is 12.8 Å². The van der Waals surface area contributed by atoms with Crippen molar-refractivity contribution in [1.29, 1.82) is 0 Å². The Morgan fingerprint density at radius 1 is 1.25 bits per heavy atom. The lowest BCUT2D eigenvalue weighted by molar-refractivity contribution is -0.173. The summed E-state index contributed by atoms with van der Waals surface area (Å²) in [5, 5.41) is 0. The third kappa shape index (κ3) is 5.33. The highest BCUT2D eigenvalue weighted by atomic mass is 32.2. The Morgan fingerprint density at radius 3 is 2.50 bits per heavy atom. The number of sulfone groups is 1. The second-order valence-corrected chi connectivity index (χ2v) is 6.10. The summed E-state index contributed by atoms with van der Waals surface area (Å²) in [5.74, 6) is -1.23. The third-order valence-corrected chi connectivity index (χ3v) is 4.13. The van der Waals surface area contributed by atoms with Crippen molar-refractivity contribution in [2.24, 2.45) is 0 Å². The smallest absolute Gasteiger partial charge is 0.398 e. The van der Waals surface area contributed by atoms with Crippen LogP contribution in [-0.4, -0.2) is 33.6 Å². The average Bonchev–Trinajstić information content (AvgIpc) is 2.30. The van der Waals surface area contributed by atoms with E-state index in [-0.39, 0.29) is 23.6 Å². The van der Waals surface area contributed by atoms with Gasteiger partial charge in [0.15, 0.2) is 9.84 Å². The molecule has 9 heteroatoms. The zero-order chi connectivity index (χ0) is 15.4. The number of benzene rings is 1. The Bertz CT molecular complexity index is 557. The van der Waals surface area contributed by atoms with Crippen LogP contribution in [0.5, 0.6) is 0 Å². The van der Waals surface area contributed by atoms with Crippen LogP contribution >= 0.6 is 0 Å². The monoisotopic (exact) mass is 315 g/mol. The van der Waals surface area contributed by atoms with Gasteiger partial charge in [0.1, 0.15) is 12.4 Å².